The maximum Gasteiger partial charge on any atom is 0.00596 e. The Morgan fingerprint density at radius 2 is 2.15 bits per heavy atom. The Hall–Kier alpha value is 0.480. The number of alkyl halides is 1. The van der Waals surface area contributed by atoms with Gasteiger partial charge in [0.05, 0.1) is 0 Å². The van der Waals surface area contributed by atoms with Crippen LogP contribution < -0.4 is 0 Å². The van der Waals surface area contributed by atoms with E-state index in [1.807, 2.05) is 0 Å². The van der Waals surface area contributed by atoms with E-state index in [4.69, 9.17) is 0 Å². The summed E-state index contributed by atoms with van der Waals surface area (Å²) in [5.74, 6) is 4.30. The summed E-state index contributed by atoms with van der Waals surface area (Å²) < 4.78 is 0. The average molecular weight is 245 g/mol. The maximum atomic E-state index is 3.64. The fourth-order valence-electron chi connectivity index (χ4n) is 3.43. The molecule has 4 unspecified atom stereocenters. The lowest BCUT2D eigenvalue weighted by molar-refractivity contribution is 0.275. The van der Waals surface area contributed by atoms with E-state index >= 15 is 0 Å². The molecular weight excluding hydrogens is 224 g/mol. The second kappa shape index (κ2) is 4.33. The standard InChI is InChI=1S/C12H21Br/c1-2-9(8-13)5-12-7-10-3-4-11(12)6-10/h9-12H,2-8H2,1H3. The SMILES string of the molecule is CCC(CBr)CC1CC2CCC1C2. The van der Waals surface area contributed by atoms with Gasteiger partial charge in [-0.1, -0.05) is 35.7 Å². The van der Waals surface area contributed by atoms with Gasteiger partial charge in [-0.3, -0.25) is 0 Å². The molecule has 2 saturated carbocycles. The van der Waals surface area contributed by atoms with Crippen LogP contribution in [0.25, 0.3) is 0 Å². The molecule has 2 aliphatic carbocycles. The van der Waals surface area contributed by atoms with Gasteiger partial charge in [0.25, 0.3) is 0 Å². The molecule has 2 aliphatic rings. The molecule has 0 aromatic heterocycles. The molecule has 0 nitrogen and oxygen atoms in total. The van der Waals surface area contributed by atoms with Crippen LogP contribution in [-0.2, 0) is 0 Å². The molecule has 2 bridgehead atoms. The average Bonchev–Trinajstić information content (AvgIpc) is 2.75. The predicted molar refractivity (Wildman–Crippen MR) is 61.1 cm³/mol. The monoisotopic (exact) mass is 244 g/mol. The number of rotatable bonds is 4. The van der Waals surface area contributed by atoms with Gasteiger partial charge in [0, 0.05) is 5.33 Å². The summed E-state index contributed by atoms with van der Waals surface area (Å²) >= 11 is 3.64. The fourth-order valence-corrected chi connectivity index (χ4v) is 4.15. The van der Waals surface area contributed by atoms with Gasteiger partial charge in [-0.2, -0.15) is 0 Å². The highest BCUT2D eigenvalue weighted by atomic mass is 79.9. The number of fused-ring (bicyclic) bond motifs is 2. The maximum absolute atomic E-state index is 3.64. The molecule has 0 aromatic rings. The van der Waals surface area contributed by atoms with E-state index in [-0.39, 0.29) is 0 Å². The van der Waals surface area contributed by atoms with Crippen LogP contribution in [-0.4, -0.2) is 5.33 Å². The van der Waals surface area contributed by atoms with Gasteiger partial charge in [-0.05, 0) is 49.4 Å². The number of hydrogen-bond acceptors (Lipinski definition) is 0. The fraction of sp³-hybridized carbons (Fsp3) is 1.00. The van der Waals surface area contributed by atoms with E-state index in [9.17, 15) is 0 Å². The molecule has 0 spiro atoms. The van der Waals surface area contributed by atoms with Gasteiger partial charge in [0.1, 0.15) is 0 Å². The van der Waals surface area contributed by atoms with Crippen LogP contribution in [0.5, 0.6) is 0 Å². The minimum Gasteiger partial charge on any atom is -0.0925 e. The molecule has 4 atom stereocenters. The van der Waals surface area contributed by atoms with Crippen molar-refractivity contribution in [1.82, 2.24) is 0 Å². The van der Waals surface area contributed by atoms with Crippen molar-refractivity contribution in [2.45, 2.75) is 45.4 Å². The van der Waals surface area contributed by atoms with E-state index in [1.165, 1.54) is 18.2 Å². The largest absolute Gasteiger partial charge is 0.0925 e. The molecule has 13 heavy (non-hydrogen) atoms. The Bertz CT molecular complexity index is 163. The molecule has 0 aromatic carbocycles. The number of halogens is 1. The molecule has 0 radical (unpaired) electrons. The summed E-state index contributed by atoms with van der Waals surface area (Å²) in [6, 6.07) is 0. The van der Waals surface area contributed by atoms with Gasteiger partial charge in [-0.25, -0.2) is 0 Å². The molecule has 0 aliphatic heterocycles. The first-order valence-corrected chi connectivity index (χ1v) is 7.01. The van der Waals surface area contributed by atoms with Crippen LogP contribution in [0.3, 0.4) is 0 Å². The Morgan fingerprint density at radius 1 is 1.31 bits per heavy atom. The predicted octanol–water partition coefficient (Wildman–Crippen LogP) is 4.23. The summed E-state index contributed by atoms with van der Waals surface area (Å²) in [5, 5.41) is 1.22. The third-order valence-corrected chi connectivity index (χ3v) is 5.23. The van der Waals surface area contributed by atoms with Crippen molar-refractivity contribution in [2.75, 3.05) is 5.33 Å². The van der Waals surface area contributed by atoms with Gasteiger partial charge in [0.2, 0.25) is 0 Å². The quantitative estimate of drug-likeness (QED) is 0.650. The Balaban J connectivity index is 1.82. The lowest BCUT2D eigenvalue weighted by Crippen LogP contribution is -2.15. The van der Waals surface area contributed by atoms with E-state index < -0.39 is 0 Å². The molecule has 2 rings (SSSR count). The third-order valence-electron chi connectivity index (χ3n) is 4.32. The van der Waals surface area contributed by atoms with Crippen LogP contribution in [0.15, 0.2) is 0 Å². The molecule has 2 fully saturated rings. The molecule has 76 valence electrons. The van der Waals surface area contributed by atoms with E-state index in [2.05, 4.69) is 22.9 Å². The summed E-state index contributed by atoms with van der Waals surface area (Å²) in [7, 11) is 0. The van der Waals surface area contributed by atoms with Crippen molar-refractivity contribution in [1.29, 1.82) is 0 Å². The zero-order valence-corrected chi connectivity index (χ0v) is 10.2. The smallest absolute Gasteiger partial charge is 0.00596 e. The van der Waals surface area contributed by atoms with Crippen LogP contribution in [0.1, 0.15) is 45.4 Å². The molecule has 0 heterocycles. The highest BCUT2D eigenvalue weighted by Gasteiger charge is 2.39. The van der Waals surface area contributed by atoms with Crippen molar-refractivity contribution in [3.05, 3.63) is 0 Å². The second-order valence-electron chi connectivity index (χ2n) is 5.10. The summed E-state index contributed by atoms with van der Waals surface area (Å²) in [4.78, 5) is 0. The first kappa shape index (κ1) is 10.0. The molecule has 0 N–H and O–H groups in total. The third kappa shape index (κ3) is 2.11. The number of hydrogen-bond donors (Lipinski definition) is 0. The Morgan fingerprint density at radius 3 is 2.62 bits per heavy atom. The van der Waals surface area contributed by atoms with E-state index in [1.54, 1.807) is 25.7 Å². The Kier molecular flexibility index (Phi) is 3.34. The van der Waals surface area contributed by atoms with Crippen molar-refractivity contribution in [3.63, 3.8) is 0 Å². The second-order valence-corrected chi connectivity index (χ2v) is 5.75. The van der Waals surface area contributed by atoms with Crippen molar-refractivity contribution in [3.8, 4) is 0 Å². The van der Waals surface area contributed by atoms with Crippen LogP contribution in [0.2, 0.25) is 0 Å². The molecule has 0 amide bonds. The normalized spacial score (nSPS) is 39.7. The minimum atomic E-state index is 0.948. The van der Waals surface area contributed by atoms with Gasteiger partial charge >= 0.3 is 0 Å². The summed E-state index contributed by atoms with van der Waals surface area (Å²) in [6.07, 6.45) is 9.10. The first-order chi connectivity index (χ1) is 6.33. The van der Waals surface area contributed by atoms with Crippen LogP contribution >= 0.6 is 15.9 Å². The summed E-state index contributed by atoms with van der Waals surface area (Å²) in [6.45, 7) is 2.33. The molecule has 1 heteroatoms. The zero-order chi connectivity index (χ0) is 9.26. The molecular formula is C12H21Br. The highest BCUT2D eigenvalue weighted by molar-refractivity contribution is 9.09. The van der Waals surface area contributed by atoms with Crippen molar-refractivity contribution < 1.29 is 0 Å². The van der Waals surface area contributed by atoms with E-state index in [0.29, 0.717) is 0 Å². The van der Waals surface area contributed by atoms with Crippen LogP contribution in [0, 0.1) is 23.7 Å². The lowest BCUT2D eigenvalue weighted by Gasteiger charge is -2.25. The first-order valence-electron chi connectivity index (χ1n) is 5.89. The molecule has 0 saturated heterocycles. The lowest BCUT2D eigenvalue weighted by atomic mass is 9.82. The van der Waals surface area contributed by atoms with Crippen molar-refractivity contribution >= 4 is 15.9 Å². The van der Waals surface area contributed by atoms with Gasteiger partial charge in [-0.15, -0.1) is 0 Å². The zero-order valence-electron chi connectivity index (χ0n) is 8.64. The van der Waals surface area contributed by atoms with Crippen LogP contribution in [0.4, 0.5) is 0 Å². The minimum absolute atomic E-state index is 0.948. The van der Waals surface area contributed by atoms with Gasteiger partial charge in [0.15, 0.2) is 0 Å². The van der Waals surface area contributed by atoms with Gasteiger partial charge < -0.3 is 0 Å². The topological polar surface area (TPSA) is 0 Å². The Labute approximate surface area is 90.6 Å². The summed E-state index contributed by atoms with van der Waals surface area (Å²) in [5.41, 5.74) is 0. The van der Waals surface area contributed by atoms with Crippen molar-refractivity contribution in [2.24, 2.45) is 23.7 Å². The highest BCUT2D eigenvalue weighted by Crippen LogP contribution is 2.50. The van der Waals surface area contributed by atoms with E-state index in [0.717, 1.165) is 23.7 Å².